The molecule has 1 saturated heterocycles. The molecule has 1 aliphatic heterocycles. The van der Waals surface area contributed by atoms with E-state index in [9.17, 15) is 31.2 Å². The highest BCUT2D eigenvalue weighted by Gasteiger charge is 2.31. The summed E-state index contributed by atoms with van der Waals surface area (Å²) in [5, 5.41) is 0. The molecule has 0 bridgehead atoms. The van der Waals surface area contributed by atoms with Crippen molar-refractivity contribution in [2.24, 2.45) is 0 Å². The second-order valence-electron chi connectivity index (χ2n) is 6.53. The number of alkyl halides is 3. The smallest absolute Gasteiger partial charge is 0.379 e. The Morgan fingerprint density at radius 3 is 2.03 bits per heavy atom. The first-order valence-electron chi connectivity index (χ1n) is 9.05. The Hall–Kier alpha value is -2.96. The fraction of sp³-hybridized carbons (Fsp3) is 0.263. The Balaban J connectivity index is 1.69. The first kappa shape index (κ1) is 22.7. The molecule has 0 radical (unpaired) electrons. The number of hydrogen-bond acceptors (Lipinski definition) is 5. The van der Waals surface area contributed by atoms with Gasteiger partial charge >= 0.3 is 6.18 Å². The zero-order valence-corrected chi connectivity index (χ0v) is 16.8. The number of amides is 2. The molecular formula is C19H18F3N3O5S. The lowest BCUT2D eigenvalue weighted by Crippen LogP contribution is -2.42. The third-order valence-electron chi connectivity index (χ3n) is 4.45. The minimum atomic E-state index is -4.62. The topological polar surface area (TPSA) is 105 Å². The molecule has 1 heterocycles. The van der Waals surface area contributed by atoms with Crippen LogP contribution < -0.4 is 10.9 Å². The van der Waals surface area contributed by atoms with Crippen molar-refractivity contribution in [2.75, 3.05) is 26.3 Å². The van der Waals surface area contributed by atoms with E-state index in [1.54, 1.807) is 0 Å². The third-order valence-corrected chi connectivity index (χ3v) is 6.34. The largest absolute Gasteiger partial charge is 0.416 e. The van der Waals surface area contributed by atoms with Crippen LogP contribution in [-0.2, 0) is 20.9 Å². The molecule has 2 N–H and O–H groups in total. The number of sulfonamides is 1. The fourth-order valence-corrected chi connectivity index (χ4v) is 4.28. The number of carbonyl (C=O) groups excluding carboxylic acids is 2. The van der Waals surface area contributed by atoms with Crippen LogP contribution in [0.2, 0.25) is 0 Å². The summed E-state index contributed by atoms with van der Waals surface area (Å²) in [5.41, 5.74) is 2.71. The number of rotatable bonds is 4. The maximum atomic E-state index is 12.8. The predicted octanol–water partition coefficient (Wildman–Crippen LogP) is 1.80. The summed E-state index contributed by atoms with van der Waals surface area (Å²) in [6.07, 6.45) is -4.62. The zero-order valence-electron chi connectivity index (χ0n) is 16.0. The van der Waals surface area contributed by atoms with E-state index in [4.69, 9.17) is 4.74 Å². The Morgan fingerprint density at radius 1 is 0.903 bits per heavy atom. The molecule has 2 aromatic rings. The highest BCUT2D eigenvalue weighted by atomic mass is 32.2. The quantitative estimate of drug-likeness (QED) is 0.682. The number of benzene rings is 2. The number of nitrogens with one attached hydrogen (secondary N) is 2. The Morgan fingerprint density at radius 2 is 1.45 bits per heavy atom. The van der Waals surface area contributed by atoms with E-state index in [1.807, 2.05) is 5.43 Å². The molecule has 2 aromatic carbocycles. The van der Waals surface area contributed by atoms with E-state index in [1.165, 1.54) is 22.5 Å². The van der Waals surface area contributed by atoms with Crippen molar-refractivity contribution in [1.82, 2.24) is 15.2 Å². The summed E-state index contributed by atoms with van der Waals surface area (Å²) in [5.74, 6) is -1.80. The van der Waals surface area contributed by atoms with Crippen molar-refractivity contribution < 1.29 is 35.9 Å². The van der Waals surface area contributed by atoms with Crippen LogP contribution in [0.1, 0.15) is 26.3 Å². The van der Waals surface area contributed by atoms with Crippen molar-refractivity contribution in [3.05, 3.63) is 65.2 Å². The van der Waals surface area contributed by atoms with Crippen LogP contribution in [0.5, 0.6) is 0 Å². The van der Waals surface area contributed by atoms with E-state index in [0.29, 0.717) is 6.07 Å². The summed E-state index contributed by atoms with van der Waals surface area (Å²) in [7, 11) is -3.83. The van der Waals surface area contributed by atoms with Crippen LogP contribution in [0.25, 0.3) is 0 Å². The van der Waals surface area contributed by atoms with E-state index >= 15 is 0 Å². The van der Waals surface area contributed by atoms with Crippen molar-refractivity contribution in [3.8, 4) is 0 Å². The molecule has 8 nitrogen and oxygen atoms in total. The minimum Gasteiger partial charge on any atom is -0.379 e. The molecule has 0 atom stereocenters. The summed E-state index contributed by atoms with van der Waals surface area (Å²) < 4.78 is 70.1. The average molecular weight is 457 g/mol. The fourth-order valence-electron chi connectivity index (χ4n) is 2.83. The monoisotopic (exact) mass is 457 g/mol. The van der Waals surface area contributed by atoms with Crippen LogP contribution in [-0.4, -0.2) is 50.8 Å². The molecule has 166 valence electrons. The highest BCUT2D eigenvalue weighted by Crippen LogP contribution is 2.29. The van der Waals surface area contributed by atoms with Gasteiger partial charge in [-0.15, -0.1) is 0 Å². The summed E-state index contributed by atoms with van der Waals surface area (Å²) >= 11 is 0. The van der Waals surface area contributed by atoms with Crippen LogP contribution in [0, 0.1) is 0 Å². The molecule has 0 aliphatic carbocycles. The average Bonchev–Trinajstić information content (AvgIpc) is 2.77. The third kappa shape index (κ3) is 5.40. The van der Waals surface area contributed by atoms with Gasteiger partial charge in [-0.05, 0) is 36.4 Å². The van der Waals surface area contributed by atoms with E-state index in [2.05, 4.69) is 5.43 Å². The molecule has 2 amide bonds. The lowest BCUT2D eigenvalue weighted by molar-refractivity contribution is -0.137. The maximum Gasteiger partial charge on any atom is 0.416 e. The summed E-state index contributed by atoms with van der Waals surface area (Å²) in [6.45, 7) is 0.902. The molecule has 0 spiro atoms. The van der Waals surface area contributed by atoms with Gasteiger partial charge in [-0.2, -0.15) is 17.5 Å². The molecule has 31 heavy (non-hydrogen) atoms. The van der Waals surface area contributed by atoms with Crippen LogP contribution in [0.3, 0.4) is 0 Å². The van der Waals surface area contributed by atoms with Crippen LogP contribution in [0.15, 0.2) is 53.4 Å². The first-order valence-corrected chi connectivity index (χ1v) is 10.5. The Kier molecular flexibility index (Phi) is 6.62. The van der Waals surface area contributed by atoms with Crippen LogP contribution in [0.4, 0.5) is 13.2 Å². The predicted molar refractivity (Wildman–Crippen MR) is 102 cm³/mol. The summed E-state index contributed by atoms with van der Waals surface area (Å²) in [6, 6.07) is 8.89. The van der Waals surface area contributed by atoms with Gasteiger partial charge in [-0.25, -0.2) is 8.42 Å². The number of nitrogens with zero attached hydrogens (tertiary/aromatic N) is 1. The second-order valence-corrected chi connectivity index (χ2v) is 8.47. The standard InChI is InChI=1S/C19H18F3N3O5S/c20-19(21,22)15-5-1-3-13(11-15)17(26)23-24-18(27)14-4-2-6-16(12-14)31(28,29)25-7-9-30-10-8-25/h1-6,11-12H,7-10H2,(H,23,26)(H,24,27). The van der Waals surface area contributed by atoms with Crippen molar-refractivity contribution >= 4 is 21.8 Å². The SMILES string of the molecule is O=C(NNC(=O)c1cccc(S(=O)(=O)N2CCOCC2)c1)c1cccc(C(F)(F)F)c1. The molecule has 12 heteroatoms. The maximum absolute atomic E-state index is 12.8. The van der Waals surface area contributed by atoms with Gasteiger partial charge in [0, 0.05) is 24.2 Å². The number of ether oxygens (including phenoxy) is 1. The highest BCUT2D eigenvalue weighted by molar-refractivity contribution is 7.89. The Labute approximate surface area is 176 Å². The lowest BCUT2D eigenvalue weighted by atomic mass is 10.1. The Bertz CT molecular complexity index is 1080. The van der Waals surface area contributed by atoms with Crippen molar-refractivity contribution in [1.29, 1.82) is 0 Å². The molecule has 1 fully saturated rings. The molecule has 0 unspecified atom stereocenters. The molecular weight excluding hydrogens is 439 g/mol. The van der Waals surface area contributed by atoms with Gasteiger partial charge in [0.1, 0.15) is 0 Å². The molecule has 1 aliphatic rings. The van der Waals surface area contributed by atoms with Crippen LogP contribution >= 0.6 is 0 Å². The van der Waals surface area contributed by atoms with Gasteiger partial charge in [0.15, 0.2) is 0 Å². The zero-order chi connectivity index (χ0) is 22.6. The first-order chi connectivity index (χ1) is 14.6. The van der Waals surface area contributed by atoms with E-state index < -0.39 is 33.6 Å². The normalized spacial score (nSPS) is 15.3. The number of morpholine rings is 1. The number of hydrazine groups is 1. The van der Waals surface area contributed by atoms with Crippen molar-refractivity contribution in [2.45, 2.75) is 11.1 Å². The van der Waals surface area contributed by atoms with Gasteiger partial charge in [0.05, 0.1) is 23.7 Å². The summed E-state index contributed by atoms with van der Waals surface area (Å²) in [4.78, 5) is 24.3. The number of hydrogen-bond donors (Lipinski definition) is 2. The number of carbonyl (C=O) groups is 2. The van der Waals surface area contributed by atoms with Gasteiger partial charge in [0.2, 0.25) is 10.0 Å². The number of halogens is 3. The van der Waals surface area contributed by atoms with E-state index in [-0.39, 0.29) is 42.3 Å². The van der Waals surface area contributed by atoms with Gasteiger partial charge in [-0.1, -0.05) is 12.1 Å². The van der Waals surface area contributed by atoms with Gasteiger partial charge < -0.3 is 4.74 Å². The lowest BCUT2D eigenvalue weighted by Gasteiger charge is -2.26. The second kappa shape index (κ2) is 9.04. The van der Waals surface area contributed by atoms with E-state index in [0.717, 1.165) is 24.3 Å². The minimum absolute atomic E-state index is 0.0568. The molecule has 0 saturated carbocycles. The van der Waals surface area contributed by atoms with Crippen molar-refractivity contribution in [3.63, 3.8) is 0 Å². The van der Waals surface area contributed by atoms with Gasteiger partial charge in [0.25, 0.3) is 11.8 Å². The van der Waals surface area contributed by atoms with Gasteiger partial charge in [-0.3, -0.25) is 20.4 Å². The molecule has 3 rings (SSSR count). The molecule has 0 aromatic heterocycles.